The van der Waals surface area contributed by atoms with E-state index in [0.29, 0.717) is 18.4 Å². The highest BCUT2D eigenvalue weighted by Crippen LogP contribution is 2.26. The molecule has 0 unspecified atom stereocenters. The number of carbonyl (C=O) groups is 1. The molecule has 29 heavy (non-hydrogen) atoms. The van der Waals surface area contributed by atoms with Crippen LogP contribution < -0.4 is 20.7 Å². The Hall–Kier alpha value is -2.31. The summed E-state index contributed by atoms with van der Waals surface area (Å²) in [5.41, 5.74) is 0.772. The van der Waals surface area contributed by atoms with Crippen LogP contribution >= 0.6 is 0 Å². The van der Waals surface area contributed by atoms with E-state index in [0.717, 1.165) is 30.9 Å². The van der Waals surface area contributed by atoms with E-state index in [1.165, 1.54) is 12.8 Å². The van der Waals surface area contributed by atoms with E-state index >= 15 is 0 Å². The maximum Gasteiger partial charge on any atom is 0.239 e. The molecule has 0 bridgehead atoms. The number of hydrogen-bond donors (Lipinski definition) is 3. The molecule has 1 aliphatic rings. The standard InChI is InChI=1S/C22H37N5O2/c1-6-23-21(26-15-19(28)27-22(3,4)5)25-14-17-11-12-24-20(13-17)29-18-9-7-16(2)8-10-18/h11-13,16,18H,6-10,14-15H2,1-5H3,(H,27,28)(H2,23,25,26). The van der Waals surface area contributed by atoms with Gasteiger partial charge in [-0.05, 0) is 70.9 Å². The van der Waals surface area contributed by atoms with E-state index in [1.54, 1.807) is 6.20 Å². The molecule has 0 radical (unpaired) electrons. The van der Waals surface area contributed by atoms with Crippen molar-refractivity contribution in [3.63, 3.8) is 0 Å². The molecule has 1 aromatic rings. The van der Waals surface area contributed by atoms with E-state index < -0.39 is 0 Å². The van der Waals surface area contributed by atoms with Crippen LogP contribution in [-0.2, 0) is 11.3 Å². The Kier molecular flexibility index (Phi) is 8.73. The van der Waals surface area contributed by atoms with E-state index in [9.17, 15) is 4.79 Å². The Morgan fingerprint density at radius 1 is 1.24 bits per heavy atom. The molecule has 1 fully saturated rings. The third-order valence-electron chi connectivity index (χ3n) is 4.74. The van der Waals surface area contributed by atoms with Crippen LogP contribution in [-0.4, -0.2) is 41.6 Å². The summed E-state index contributed by atoms with van der Waals surface area (Å²) in [5.74, 6) is 2.01. The third-order valence-corrected chi connectivity index (χ3v) is 4.74. The van der Waals surface area contributed by atoms with Crippen molar-refractivity contribution in [3.8, 4) is 5.88 Å². The second kappa shape index (κ2) is 11.0. The largest absolute Gasteiger partial charge is 0.474 e. The second-order valence-corrected chi connectivity index (χ2v) is 8.85. The van der Waals surface area contributed by atoms with Gasteiger partial charge >= 0.3 is 0 Å². The van der Waals surface area contributed by atoms with Crippen molar-refractivity contribution in [3.05, 3.63) is 23.9 Å². The molecule has 1 saturated carbocycles. The van der Waals surface area contributed by atoms with E-state index in [-0.39, 0.29) is 24.1 Å². The summed E-state index contributed by atoms with van der Waals surface area (Å²) in [7, 11) is 0. The summed E-state index contributed by atoms with van der Waals surface area (Å²) in [6.07, 6.45) is 6.65. The number of ether oxygens (including phenoxy) is 1. The van der Waals surface area contributed by atoms with Crippen LogP contribution in [0.5, 0.6) is 5.88 Å². The first-order chi connectivity index (χ1) is 13.7. The van der Waals surface area contributed by atoms with Gasteiger partial charge < -0.3 is 20.7 Å². The highest BCUT2D eigenvalue weighted by Gasteiger charge is 2.20. The zero-order valence-corrected chi connectivity index (χ0v) is 18.5. The van der Waals surface area contributed by atoms with Crippen LogP contribution in [0.25, 0.3) is 0 Å². The zero-order valence-electron chi connectivity index (χ0n) is 18.5. The lowest BCUT2D eigenvalue weighted by Gasteiger charge is -2.26. The minimum Gasteiger partial charge on any atom is -0.474 e. The smallest absolute Gasteiger partial charge is 0.239 e. The van der Waals surface area contributed by atoms with Crippen LogP contribution in [0, 0.1) is 5.92 Å². The van der Waals surface area contributed by atoms with Crippen molar-refractivity contribution in [1.82, 2.24) is 20.9 Å². The number of pyridine rings is 1. The summed E-state index contributed by atoms with van der Waals surface area (Å²) in [6, 6.07) is 3.90. The first-order valence-corrected chi connectivity index (χ1v) is 10.7. The van der Waals surface area contributed by atoms with Crippen molar-refractivity contribution in [1.29, 1.82) is 0 Å². The van der Waals surface area contributed by atoms with Gasteiger partial charge in [0.1, 0.15) is 6.10 Å². The molecule has 0 saturated heterocycles. The van der Waals surface area contributed by atoms with Crippen LogP contribution in [0.3, 0.4) is 0 Å². The molecule has 1 aliphatic carbocycles. The summed E-state index contributed by atoms with van der Waals surface area (Å²) >= 11 is 0. The molecule has 0 atom stereocenters. The SMILES string of the molecule is CCNC(=NCc1ccnc(OC2CCC(C)CC2)c1)NCC(=O)NC(C)(C)C. The fourth-order valence-electron chi connectivity index (χ4n) is 3.27. The van der Waals surface area contributed by atoms with Crippen LogP contribution in [0.2, 0.25) is 0 Å². The summed E-state index contributed by atoms with van der Waals surface area (Å²) < 4.78 is 6.08. The lowest BCUT2D eigenvalue weighted by atomic mass is 9.89. The first kappa shape index (κ1) is 23.0. The van der Waals surface area contributed by atoms with Crippen LogP contribution in [0.1, 0.15) is 65.9 Å². The Morgan fingerprint density at radius 2 is 1.97 bits per heavy atom. The number of aliphatic imine (C=N–C) groups is 1. The predicted octanol–water partition coefficient (Wildman–Crippen LogP) is 3.01. The van der Waals surface area contributed by atoms with Crippen LogP contribution in [0.4, 0.5) is 0 Å². The highest BCUT2D eigenvalue weighted by atomic mass is 16.5. The van der Waals surface area contributed by atoms with Gasteiger partial charge in [-0.3, -0.25) is 4.79 Å². The molecule has 0 aromatic carbocycles. The topological polar surface area (TPSA) is 87.6 Å². The van der Waals surface area contributed by atoms with Gasteiger partial charge in [0, 0.05) is 24.3 Å². The van der Waals surface area contributed by atoms with Crippen molar-refractivity contribution in [2.75, 3.05) is 13.1 Å². The van der Waals surface area contributed by atoms with Gasteiger partial charge in [-0.25, -0.2) is 9.98 Å². The zero-order chi connectivity index (χ0) is 21.3. The van der Waals surface area contributed by atoms with E-state index in [4.69, 9.17) is 4.74 Å². The molecule has 7 nitrogen and oxygen atoms in total. The molecular weight excluding hydrogens is 366 g/mol. The first-order valence-electron chi connectivity index (χ1n) is 10.7. The van der Waals surface area contributed by atoms with Crippen molar-refractivity contribution < 1.29 is 9.53 Å². The number of rotatable bonds is 7. The quantitative estimate of drug-likeness (QED) is 0.481. The number of aromatic nitrogens is 1. The summed E-state index contributed by atoms with van der Waals surface area (Å²) in [6.45, 7) is 11.6. The minimum absolute atomic E-state index is 0.0653. The van der Waals surface area contributed by atoms with Gasteiger partial charge in [-0.1, -0.05) is 6.92 Å². The average molecular weight is 404 g/mol. The molecule has 2 rings (SSSR count). The van der Waals surface area contributed by atoms with Gasteiger partial charge in [0.25, 0.3) is 0 Å². The van der Waals surface area contributed by atoms with Gasteiger partial charge in [-0.2, -0.15) is 0 Å². The maximum atomic E-state index is 12.0. The number of guanidine groups is 1. The molecule has 162 valence electrons. The number of amides is 1. The van der Waals surface area contributed by atoms with E-state index in [1.807, 2.05) is 39.8 Å². The number of carbonyl (C=O) groups excluding carboxylic acids is 1. The Balaban J connectivity index is 1.90. The average Bonchev–Trinajstić information content (AvgIpc) is 2.65. The maximum absolute atomic E-state index is 12.0. The van der Waals surface area contributed by atoms with Crippen molar-refractivity contribution in [2.45, 2.75) is 78.5 Å². The van der Waals surface area contributed by atoms with Gasteiger partial charge in [0.15, 0.2) is 5.96 Å². The summed E-state index contributed by atoms with van der Waals surface area (Å²) in [5, 5.41) is 9.18. The molecule has 0 aliphatic heterocycles. The monoisotopic (exact) mass is 403 g/mol. The minimum atomic E-state index is -0.252. The normalized spacial score (nSPS) is 20.1. The second-order valence-electron chi connectivity index (χ2n) is 8.85. The lowest BCUT2D eigenvalue weighted by Crippen LogP contribution is -2.48. The van der Waals surface area contributed by atoms with Gasteiger partial charge in [0.05, 0.1) is 13.1 Å². The molecule has 1 heterocycles. The third kappa shape index (κ3) is 9.15. The fourth-order valence-corrected chi connectivity index (χ4v) is 3.27. The Morgan fingerprint density at radius 3 is 2.62 bits per heavy atom. The molecule has 7 heteroatoms. The number of nitrogens with zero attached hydrogens (tertiary/aromatic N) is 2. The number of nitrogens with one attached hydrogen (secondary N) is 3. The molecule has 0 spiro atoms. The molecular formula is C22H37N5O2. The Bertz CT molecular complexity index is 676. The summed E-state index contributed by atoms with van der Waals surface area (Å²) in [4.78, 5) is 21.0. The Labute approximate surface area is 175 Å². The van der Waals surface area contributed by atoms with Gasteiger partial charge in [-0.15, -0.1) is 0 Å². The predicted molar refractivity (Wildman–Crippen MR) is 117 cm³/mol. The van der Waals surface area contributed by atoms with Crippen molar-refractivity contribution >= 4 is 11.9 Å². The molecule has 1 amide bonds. The highest BCUT2D eigenvalue weighted by molar-refractivity contribution is 5.86. The van der Waals surface area contributed by atoms with Crippen molar-refractivity contribution in [2.24, 2.45) is 10.9 Å². The fraction of sp³-hybridized carbons (Fsp3) is 0.682. The molecule has 3 N–H and O–H groups in total. The van der Waals surface area contributed by atoms with E-state index in [2.05, 4.69) is 32.9 Å². The van der Waals surface area contributed by atoms with Crippen LogP contribution in [0.15, 0.2) is 23.3 Å². The number of hydrogen-bond acceptors (Lipinski definition) is 4. The molecule has 1 aromatic heterocycles. The van der Waals surface area contributed by atoms with Gasteiger partial charge in [0.2, 0.25) is 11.8 Å². The lowest BCUT2D eigenvalue weighted by molar-refractivity contribution is -0.121.